The van der Waals surface area contributed by atoms with Crippen molar-refractivity contribution in [2.45, 2.75) is 38.0 Å². The molecule has 0 saturated heterocycles. The number of ether oxygens (including phenoxy) is 1. The number of aryl methyl sites for hydroxylation is 2. The predicted molar refractivity (Wildman–Crippen MR) is 95.0 cm³/mol. The molecule has 23 heavy (non-hydrogen) atoms. The van der Waals surface area contributed by atoms with Crippen molar-refractivity contribution in [2.75, 3.05) is 13.7 Å². The molecule has 1 N–H and O–H groups in total. The maximum Gasteiger partial charge on any atom is 0.244 e. The van der Waals surface area contributed by atoms with Gasteiger partial charge >= 0.3 is 0 Å². The van der Waals surface area contributed by atoms with E-state index in [0.717, 1.165) is 16.7 Å². The van der Waals surface area contributed by atoms with E-state index in [0.29, 0.717) is 12.3 Å². The van der Waals surface area contributed by atoms with E-state index in [-0.39, 0.29) is 10.3 Å². The van der Waals surface area contributed by atoms with Gasteiger partial charge in [0.15, 0.2) is 0 Å². The van der Waals surface area contributed by atoms with E-state index in [1.54, 1.807) is 23.5 Å². The van der Waals surface area contributed by atoms with Crippen molar-refractivity contribution in [3.05, 3.63) is 45.6 Å². The second-order valence-corrected chi connectivity index (χ2v) is 8.82. The van der Waals surface area contributed by atoms with Gasteiger partial charge in [-0.25, -0.2) is 13.1 Å². The maximum atomic E-state index is 12.7. The second kappa shape index (κ2) is 6.63. The highest BCUT2D eigenvalue weighted by atomic mass is 32.2. The largest absolute Gasteiger partial charge is 0.495 e. The standard InChI is InChI=1S/C17H23NO3S2/c1-12-8-15(21-5)16(9-13(12)2)23(19,20)18-11-17(3,4)14-6-7-22-10-14/h6-10,18H,11H2,1-5H3. The van der Waals surface area contributed by atoms with Gasteiger partial charge in [0.25, 0.3) is 0 Å². The fourth-order valence-electron chi connectivity index (χ4n) is 2.24. The van der Waals surface area contributed by atoms with Crippen LogP contribution in [0.2, 0.25) is 0 Å². The fraction of sp³-hybridized carbons (Fsp3) is 0.412. The van der Waals surface area contributed by atoms with Crippen molar-refractivity contribution in [1.82, 2.24) is 4.72 Å². The summed E-state index contributed by atoms with van der Waals surface area (Å²) in [5.41, 5.74) is 2.76. The number of thiophene rings is 1. The lowest BCUT2D eigenvalue weighted by Crippen LogP contribution is -2.36. The molecule has 2 rings (SSSR count). The third-order valence-electron chi connectivity index (χ3n) is 4.08. The molecule has 0 unspecified atom stereocenters. The van der Waals surface area contributed by atoms with Crippen LogP contribution in [0.3, 0.4) is 0 Å². The van der Waals surface area contributed by atoms with Gasteiger partial charge in [-0.05, 0) is 59.5 Å². The highest BCUT2D eigenvalue weighted by molar-refractivity contribution is 7.89. The molecule has 1 aromatic heterocycles. The number of benzene rings is 1. The molecule has 0 saturated carbocycles. The number of sulfonamides is 1. The van der Waals surface area contributed by atoms with Gasteiger partial charge in [-0.1, -0.05) is 13.8 Å². The van der Waals surface area contributed by atoms with Crippen LogP contribution in [-0.2, 0) is 15.4 Å². The first kappa shape index (κ1) is 18.0. The summed E-state index contributed by atoms with van der Waals surface area (Å²) in [4.78, 5) is 0.184. The van der Waals surface area contributed by atoms with Crippen LogP contribution in [0.15, 0.2) is 33.9 Å². The fourth-order valence-corrected chi connectivity index (χ4v) is 4.53. The summed E-state index contributed by atoms with van der Waals surface area (Å²) < 4.78 is 33.4. The minimum Gasteiger partial charge on any atom is -0.495 e. The average molecular weight is 354 g/mol. The zero-order chi connectivity index (χ0) is 17.3. The molecule has 126 valence electrons. The summed E-state index contributed by atoms with van der Waals surface area (Å²) in [6.07, 6.45) is 0. The molecule has 0 aliphatic rings. The highest BCUT2D eigenvalue weighted by Crippen LogP contribution is 2.29. The topological polar surface area (TPSA) is 55.4 Å². The lowest BCUT2D eigenvalue weighted by atomic mass is 9.87. The van der Waals surface area contributed by atoms with Gasteiger partial charge in [-0.2, -0.15) is 11.3 Å². The van der Waals surface area contributed by atoms with Crippen molar-refractivity contribution in [2.24, 2.45) is 0 Å². The Morgan fingerprint density at radius 1 is 1.22 bits per heavy atom. The van der Waals surface area contributed by atoms with Crippen molar-refractivity contribution in [1.29, 1.82) is 0 Å². The molecule has 0 fully saturated rings. The van der Waals surface area contributed by atoms with Crippen molar-refractivity contribution in [3.63, 3.8) is 0 Å². The number of hydrogen-bond donors (Lipinski definition) is 1. The molecule has 0 atom stereocenters. The van der Waals surface area contributed by atoms with E-state index < -0.39 is 10.0 Å². The lowest BCUT2D eigenvalue weighted by Gasteiger charge is -2.24. The number of nitrogens with one attached hydrogen (secondary N) is 1. The molecule has 0 amide bonds. The number of rotatable bonds is 6. The smallest absolute Gasteiger partial charge is 0.244 e. The van der Waals surface area contributed by atoms with Gasteiger partial charge in [-0.3, -0.25) is 0 Å². The van der Waals surface area contributed by atoms with E-state index in [4.69, 9.17) is 4.74 Å². The first-order valence-electron chi connectivity index (χ1n) is 7.35. The van der Waals surface area contributed by atoms with Crippen molar-refractivity contribution in [3.8, 4) is 5.75 Å². The molecule has 1 aromatic carbocycles. The third-order valence-corrected chi connectivity index (χ3v) is 6.18. The van der Waals surface area contributed by atoms with Crippen LogP contribution in [0.1, 0.15) is 30.5 Å². The lowest BCUT2D eigenvalue weighted by molar-refractivity contribution is 0.401. The van der Waals surface area contributed by atoms with Crippen molar-refractivity contribution < 1.29 is 13.2 Å². The zero-order valence-corrected chi connectivity index (χ0v) is 15.8. The van der Waals surface area contributed by atoms with E-state index in [2.05, 4.69) is 4.72 Å². The first-order chi connectivity index (χ1) is 10.7. The summed E-state index contributed by atoms with van der Waals surface area (Å²) in [5.74, 6) is 0.369. The van der Waals surface area contributed by atoms with Gasteiger partial charge < -0.3 is 4.74 Å². The van der Waals surface area contributed by atoms with Gasteiger partial charge in [0.2, 0.25) is 10.0 Å². The molecule has 0 radical (unpaired) electrons. The normalized spacial score (nSPS) is 12.4. The van der Waals surface area contributed by atoms with Crippen LogP contribution >= 0.6 is 11.3 Å². The SMILES string of the molecule is COc1cc(C)c(C)cc1S(=O)(=O)NCC(C)(C)c1ccsc1. The average Bonchev–Trinajstić information content (AvgIpc) is 3.03. The number of methoxy groups -OCH3 is 1. The van der Waals surface area contributed by atoms with Crippen LogP contribution in [0.5, 0.6) is 5.75 Å². The summed E-state index contributed by atoms with van der Waals surface area (Å²) in [6.45, 7) is 8.19. The Hall–Kier alpha value is -1.37. The van der Waals surface area contributed by atoms with Crippen LogP contribution in [-0.4, -0.2) is 22.1 Å². The van der Waals surface area contributed by atoms with Crippen LogP contribution < -0.4 is 9.46 Å². The van der Waals surface area contributed by atoms with Gasteiger partial charge in [0.1, 0.15) is 10.6 Å². The Labute approximate surface area is 142 Å². The molecule has 0 bridgehead atoms. The number of hydrogen-bond acceptors (Lipinski definition) is 4. The maximum absolute atomic E-state index is 12.7. The van der Waals surface area contributed by atoms with E-state index in [9.17, 15) is 8.42 Å². The summed E-state index contributed by atoms with van der Waals surface area (Å²) in [6, 6.07) is 5.44. The minimum absolute atomic E-state index is 0.184. The summed E-state index contributed by atoms with van der Waals surface area (Å²) in [7, 11) is -2.15. The van der Waals surface area contributed by atoms with Crippen LogP contribution in [0.25, 0.3) is 0 Å². The molecule has 0 aliphatic heterocycles. The Morgan fingerprint density at radius 3 is 2.43 bits per heavy atom. The van der Waals surface area contributed by atoms with Crippen LogP contribution in [0.4, 0.5) is 0 Å². The molecule has 2 aromatic rings. The minimum atomic E-state index is -3.64. The van der Waals surface area contributed by atoms with E-state index >= 15 is 0 Å². The van der Waals surface area contributed by atoms with Crippen molar-refractivity contribution >= 4 is 21.4 Å². The molecule has 0 spiro atoms. The molecular formula is C17H23NO3S2. The third kappa shape index (κ3) is 3.94. The highest BCUT2D eigenvalue weighted by Gasteiger charge is 2.26. The second-order valence-electron chi connectivity index (χ2n) is 6.31. The monoisotopic (exact) mass is 353 g/mol. The Kier molecular flexibility index (Phi) is 5.18. The quantitative estimate of drug-likeness (QED) is 0.863. The zero-order valence-electron chi connectivity index (χ0n) is 14.1. The molecule has 4 nitrogen and oxygen atoms in total. The molecule has 1 heterocycles. The predicted octanol–water partition coefficient (Wildman–Crippen LogP) is 3.63. The summed E-state index contributed by atoms with van der Waals surface area (Å²) >= 11 is 1.61. The Bertz CT molecular complexity index is 778. The van der Waals surface area contributed by atoms with Gasteiger partial charge in [0, 0.05) is 12.0 Å². The molecular weight excluding hydrogens is 330 g/mol. The molecule has 0 aliphatic carbocycles. The first-order valence-corrected chi connectivity index (χ1v) is 9.77. The Balaban J connectivity index is 2.28. The van der Waals surface area contributed by atoms with E-state index in [1.807, 2.05) is 44.5 Å². The molecule has 6 heteroatoms. The van der Waals surface area contributed by atoms with Gasteiger partial charge in [-0.15, -0.1) is 0 Å². The Morgan fingerprint density at radius 2 is 1.87 bits per heavy atom. The van der Waals surface area contributed by atoms with E-state index in [1.165, 1.54) is 7.11 Å². The van der Waals surface area contributed by atoms with Gasteiger partial charge in [0.05, 0.1) is 7.11 Å². The van der Waals surface area contributed by atoms with Crippen LogP contribution in [0, 0.1) is 13.8 Å². The summed E-state index contributed by atoms with van der Waals surface area (Å²) in [5, 5.41) is 4.04.